The Morgan fingerprint density at radius 3 is 2.61 bits per heavy atom. The molecule has 0 aliphatic heterocycles. The summed E-state index contributed by atoms with van der Waals surface area (Å²) in [5, 5.41) is 3.68. The average Bonchev–Trinajstić information content (AvgIpc) is 3.32. The number of nitrogens with one attached hydrogen (secondary N) is 1. The van der Waals surface area contributed by atoms with Gasteiger partial charge in [-0.25, -0.2) is 0 Å². The van der Waals surface area contributed by atoms with E-state index < -0.39 is 17.9 Å². The monoisotopic (exact) mass is 532 g/mol. The molecule has 0 bridgehead atoms. The highest BCUT2D eigenvalue weighted by molar-refractivity contribution is 7.09. The minimum absolute atomic E-state index is 0.0454. The maximum absolute atomic E-state index is 14.0. The first-order valence-corrected chi connectivity index (χ1v) is 12.7. The summed E-state index contributed by atoms with van der Waals surface area (Å²) in [5.74, 6) is -1.74. The van der Waals surface area contributed by atoms with Crippen LogP contribution < -0.4 is 16.8 Å². The number of anilines is 1. The summed E-state index contributed by atoms with van der Waals surface area (Å²) >= 11 is 0.782. The number of rotatable bonds is 11. The van der Waals surface area contributed by atoms with Gasteiger partial charge in [0.1, 0.15) is 10.9 Å². The van der Waals surface area contributed by atoms with Gasteiger partial charge in [0, 0.05) is 31.8 Å². The van der Waals surface area contributed by atoms with E-state index in [-0.39, 0.29) is 35.3 Å². The zero-order chi connectivity index (χ0) is 27.1. The molecule has 0 saturated carbocycles. The number of hydrogen-bond acceptors (Lipinski definition) is 8. The molecule has 0 radical (unpaired) electrons. The molecule has 196 valence electrons. The summed E-state index contributed by atoms with van der Waals surface area (Å²) in [4.78, 5) is 45.2. The van der Waals surface area contributed by atoms with E-state index in [0.717, 1.165) is 28.0 Å². The third-order valence-electron chi connectivity index (χ3n) is 6.01. The van der Waals surface area contributed by atoms with Gasteiger partial charge in [-0.3, -0.25) is 19.4 Å². The van der Waals surface area contributed by atoms with Gasteiger partial charge in [0.2, 0.25) is 5.91 Å². The summed E-state index contributed by atoms with van der Waals surface area (Å²) < 4.78 is 9.07. The lowest BCUT2D eigenvalue weighted by atomic mass is 10.00. The molecule has 2 aromatic heterocycles. The molecule has 5 N–H and O–H groups in total. The Labute approximate surface area is 223 Å². The number of carbonyl (C=O) groups excluding carboxylic acids is 3. The molecule has 10 nitrogen and oxygen atoms in total. The topological polar surface area (TPSA) is 154 Å². The molecule has 2 aromatic carbocycles. The first kappa shape index (κ1) is 26.7. The number of benzene rings is 2. The molecular weight excluding hydrogens is 504 g/mol. The van der Waals surface area contributed by atoms with Crippen LogP contribution >= 0.6 is 11.5 Å². The van der Waals surface area contributed by atoms with E-state index in [0.29, 0.717) is 18.6 Å². The van der Waals surface area contributed by atoms with Crippen molar-refractivity contribution in [3.63, 3.8) is 0 Å². The van der Waals surface area contributed by atoms with Crippen molar-refractivity contribution in [3.05, 3.63) is 88.6 Å². The lowest BCUT2D eigenvalue weighted by molar-refractivity contribution is -0.126. The third kappa shape index (κ3) is 5.96. The first-order chi connectivity index (χ1) is 18.4. The van der Waals surface area contributed by atoms with Crippen LogP contribution in [0.2, 0.25) is 0 Å². The Kier molecular flexibility index (Phi) is 8.62. The van der Waals surface area contributed by atoms with Crippen LogP contribution in [0.15, 0.2) is 66.9 Å². The first-order valence-electron chi connectivity index (χ1n) is 11.9. The van der Waals surface area contributed by atoms with E-state index in [4.69, 9.17) is 16.2 Å². The highest BCUT2D eigenvalue weighted by atomic mass is 32.1. The van der Waals surface area contributed by atoms with Gasteiger partial charge in [0.25, 0.3) is 11.8 Å². The third-order valence-corrected chi connectivity index (χ3v) is 6.86. The van der Waals surface area contributed by atoms with Gasteiger partial charge in [-0.05, 0) is 47.3 Å². The SMILES string of the molecule is COCCNC(=O)C(c1ccc2ncccc2c1)N(CCc1ccccc1)C(=O)c1snc(C(N)=O)c1N. The van der Waals surface area contributed by atoms with Gasteiger partial charge in [0.05, 0.1) is 17.8 Å². The van der Waals surface area contributed by atoms with Crippen LogP contribution in [-0.2, 0) is 16.0 Å². The lowest BCUT2D eigenvalue weighted by Gasteiger charge is -2.31. The normalized spacial score (nSPS) is 11.7. The lowest BCUT2D eigenvalue weighted by Crippen LogP contribution is -2.45. The molecule has 0 spiro atoms. The number of methoxy groups -OCH3 is 1. The molecule has 4 rings (SSSR count). The van der Waals surface area contributed by atoms with Gasteiger partial charge in [-0.1, -0.05) is 42.5 Å². The van der Waals surface area contributed by atoms with Crippen molar-refractivity contribution < 1.29 is 19.1 Å². The van der Waals surface area contributed by atoms with Crippen molar-refractivity contribution >= 4 is 45.8 Å². The number of fused-ring (bicyclic) bond motifs is 1. The van der Waals surface area contributed by atoms with Crippen molar-refractivity contribution in [1.29, 1.82) is 0 Å². The Morgan fingerprint density at radius 1 is 1.11 bits per heavy atom. The van der Waals surface area contributed by atoms with E-state index >= 15 is 0 Å². The Balaban J connectivity index is 1.79. The fraction of sp³-hybridized carbons (Fsp3) is 0.222. The van der Waals surface area contributed by atoms with Crippen molar-refractivity contribution in [2.45, 2.75) is 12.5 Å². The van der Waals surface area contributed by atoms with Crippen molar-refractivity contribution in [1.82, 2.24) is 19.6 Å². The van der Waals surface area contributed by atoms with E-state index in [1.807, 2.05) is 54.6 Å². The largest absolute Gasteiger partial charge is 0.395 e. The molecule has 1 unspecified atom stereocenters. The molecule has 38 heavy (non-hydrogen) atoms. The van der Waals surface area contributed by atoms with E-state index in [9.17, 15) is 14.4 Å². The summed E-state index contributed by atoms with van der Waals surface area (Å²) in [5.41, 5.74) is 13.6. The van der Waals surface area contributed by atoms with Gasteiger partial charge >= 0.3 is 0 Å². The number of pyridine rings is 1. The predicted molar refractivity (Wildman–Crippen MR) is 146 cm³/mol. The van der Waals surface area contributed by atoms with Gasteiger partial charge in [0.15, 0.2) is 5.69 Å². The van der Waals surface area contributed by atoms with E-state index in [1.54, 1.807) is 19.4 Å². The minimum Gasteiger partial charge on any atom is -0.395 e. The number of aromatic nitrogens is 2. The molecule has 11 heteroatoms. The zero-order valence-corrected chi connectivity index (χ0v) is 21.6. The Hall–Kier alpha value is -4.35. The number of nitrogens with two attached hydrogens (primary N) is 2. The number of nitrogens with zero attached hydrogens (tertiary/aromatic N) is 3. The number of nitrogen functional groups attached to an aromatic ring is 1. The molecule has 0 aliphatic rings. The number of primary amides is 1. The quantitative estimate of drug-likeness (QED) is 0.251. The Bertz CT molecular complexity index is 1440. The van der Waals surface area contributed by atoms with E-state index in [2.05, 4.69) is 14.7 Å². The van der Waals surface area contributed by atoms with Crippen molar-refractivity contribution in [3.8, 4) is 0 Å². The predicted octanol–water partition coefficient (Wildman–Crippen LogP) is 2.56. The van der Waals surface area contributed by atoms with Crippen LogP contribution in [0.4, 0.5) is 5.69 Å². The summed E-state index contributed by atoms with van der Waals surface area (Å²) in [6, 6.07) is 17.8. The highest BCUT2D eigenvalue weighted by Crippen LogP contribution is 2.30. The molecule has 4 aromatic rings. The molecule has 0 aliphatic carbocycles. The number of ether oxygens (including phenoxy) is 1. The fourth-order valence-corrected chi connectivity index (χ4v) is 4.87. The van der Waals surface area contributed by atoms with Crippen LogP contribution in [0.25, 0.3) is 10.9 Å². The molecule has 3 amide bonds. The van der Waals surface area contributed by atoms with Crippen LogP contribution in [0, 0.1) is 0 Å². The second-order valence-corrected chi connectivity index (χ2v) is 9.29. The van der Waals surface area contributed by atoms with Crippen molar-refractivity contribution in [2.24, 2.45) is 5.73 Å². The van der Waals surface area contributed by atoms with Crippen molar-refractivity contribution in [2.75, 3.05) is 32.5 Å². The Morgan fingerprint density at radius 2 is 1.89 bits per heavy atom. The van der Waals surface area contributed by atoms with Gasteiger partial charge in [-0.2, -0.15) is 4.37 Å². The maximum Gasteiger partial charge on any atom is 0.270 e. The summed E-state index contributed by atoms with van der Waals surface area (Å²) in [6.45, 7) is 0.761. The smallest absolute Gasteiger partial charge is 0.270 e. The second kappa shape index (κ2) is 12.3. The molecule has 1 atom stereocenters. The number of amides is 3. The second-order valence-electron chi connectivity index (χ2n) is 8.51. The standard InChI is InChI=1S/C27H28N6O4S/c1-37-15-13-31-26(35)23(19-9-10-20-18(16-19)8-5-12-30-20)33(14-11-17-6-3-2-4-7-17)27(36)24-21(28)22(25(29)34)32-38-24/h2-10,12,16,23H,11,13-15,28H2,1H3,(H2,29,34)(H,31,35). The highest BCUT2D eigenvalue weighted by Gasteiger charge is 2.34. The molecule has 2 heterocycles. The van der Waals surface area contributed by atoms with E-state index in [1.165, 1.54) is 4.90 Å². The maximum atomic E-state index is 14.0. The fourth-order valence-electron chi connectivity index (χ4n) is 4.11. The summed E-state index contributed by atoms with van der Waals surface area (Å²) in [7, 11) is 1.54. The average molecular weight is 533 g/mol. The molecule has 0 saturated heterocycles. The van der Waals surface area contributed by atoms with Crippen LogP contribution in [0.3, 0.4) is 0 Å². The van der Waals surface area contributed by atoms with Crippen LogP contribution in [0.1, 0.15) is 37.3 Å². The zero-order valence-electron chi connectivity index (χ0n) is 20.8. The number of carbonyl (C=O) groups is 3. The van der Waals surface area contributed by atoms with Gasteiger partial charge < -0.3 is 26.4 Å². The van der Waals surface area contributed by atoms with Crippen LogP contribution in [0.5, 0.6) is 0 Å². The van der Waals surface area contributed by atoms with Crippen LogP contribution in [-0.4, -0.2) is 58.8 Å². The van der Waals surface area contributed by atoms with Gasteiger partial charge in [-0.15, -0.1) is 0 Å². The summed E-state index contributed by atoms with van der Waals surface area (Å²) in [6.07, 6.45) is 2.17. The molecule has 0 fully saturated rings. The minimum atomic E-state index is -1.01. The molecular formula is C27H28N6O4S. The number of hydrogen-bond donors (Lipinski definition) is 3.